The van der Waals surface area contributed by atoms with Gasteiger partial charge in [0, 0.05) is 31.9 Å². The lowest BCUT2D eigenvalue weighted by Crippen LogP contribution is -2.50. The van der Waals surface area contributed by atoms with Crippen LogP contribution in [0.15, 0.2) is 18.3 Å². The van der Waals surface area contributed by atoms with Gasteiger partial charge >= 0.3 is 0 Å². The van der Waals surface area contributed by atoms with E-state index in [1.54, 1.807) is 12.3 Å². The molecule has 1 atom stereocenters. The Morgan fingerprint density at radius 1 is 1.50 bits per heavy atom. The van der Waals surface area contributed by atoms with E-state index in [9.17, 15) is 0 Å². The van der Waals surface area contributed by atoms with Crippen molar-refractivity contribution in [2.45, 2.75) is 13.0 Å². The van der Waals surface area contributed by atoms with Crippen LogP contribution in [-0.4, -0.2) is 42.6 Å². The van der Waals surface area contributed by atoms with Crippen LogP contribution in [0.2, 0.25) is 0 Å². The Morgan fingerprint density at radius 3 is 3.00 bits per heavy atom. The fourth-order valence-electron chi connectivity index (χ4n) is 2.13. The van der Waals surface area contributed by atoms with Gasteiger partial charge in [0.1, 0.15) is 5.82 Å². The number of piperazine rings is 1. The number of pyridine rings is 1. The van der Waals surface area contributed by atoms with E-state index in [1.807, 2.05) is 6.07 Å². The molecule has 0 aliphatic carbocycles. The Labute approximate surface area is 96.1 Å². The van der Waals surface area contributed by atoms with Crippen LogP contribution in [0, 0.1) is 11.3 Å². The van der Waals surface area contributed by atoms with Gasteiger partial charge in [-0.05, 0) is 26.1 Å². The molecule has 1 aliphatic rings. The van der Waals surface area contributed by atoms with Crippen molar-refractivity contribution in [3.63, 3.8) is 0 Å². The van der Waals surface area contributed by atoms with Crippen LogP contribution in [0.1, 0.15) is 12.5 Å². The normalized spacial score (nSPS) is 21.8. The smallest absolute Gasteiger partial charge is 0.130 e. The van der Waals surface area contributed by atoms with Gasteiger partial charge in [-0.25, -0.2) is 4.98 Å². The average Bonchev–Trinajstić information content (AvgIpc) is 2.29. The molecular formula is C12H16N4. The number of rotatable bonds is 1. The van der Waals surface area contributed by atoms with E-state index in [-0.39, 0.29) is 0 Å². The molecule has 16 heavy (non-hydrogen) atoms. The molecule has 1 aromatic heterocycles. The number of anilines is 1. The summed E-state index contributed by atoms with van der Waals surface area (Å²) in [6.07, 6.45) is 1.71. The molecule has 0 radical (unpaired) electrons. The second kappa shape index (κ2) is 4.50. The molecule has 4 nitrogen and oxygen atoms in total. The molecule has 1 saturated heterocycles. The Morgan fingerprint density at radius 2 is 2.31 bits per heavy atom. The van der Waals surface area contributed by atoms with Gasteiger partial charge in [-0.1, -0.05) is 0 Å². The van der Waals surface area contributed by atoms with Gasteiger partial charge in [0.15, 0.2) is 0 Å². The molecule has 1 aliphatic heterocycles. The minimum absolute atomic E-state index is 0.445. The van der Waals surface area contributed by atoms with Gasteiger partial charge < -0.3 is 9.80 Å². The van der Waals surface area contributed by atoms with Crippen LogP contribution in [0.4, 0.5) is 5.82 Å². The summed E-state index contributed by atoms with van der Waals surface area (Å²) >= 11 is 0. The third-order valence-corrected chi connectivity index (χ3v) is 3.00. The Hall–Kier alpha value is -1.60. The predicted octanol–water partition coefficient (Wildman–Crippen LogP) is 1.09. The van der Waals surface area contributed by atoms with E-state index in [2.05, 4.69) is 34.8 Å². The van der Waals surface area contributed by atoms with Crippen molar-refractivity contribution in [1.29, 1.82) is 5.26 Å². The maximum atomic E-state index is 8.86. The maximum Gasteiger partial charge on any atom is 0.130 e. The second-order valence-electron chi connectivity index (χ2n) is 4.32. The highest BCUT2D eigenvalue weighted by Crippen LogP contribution is 2.18. The van der Waals surface area contributed by atoms with Gasteiger partial charge in [0.25, 0.3) is 0 Å². The van der Waals surface area contributed by atoms with E-state index in [1.165, 1.54) is 0 Å². The quantitative estimate of drug-likeness (QED) is 0.705. The molecule has 1 fully saturated rings. The molecule has 4 heteroatoms. The van der Waals surface area contributed by atoms with Crippen molar-refractivity contribution in [3.8, 4) is 6.07 Å². The number of hydrogen-bond donors (Lipinski definition) is 0. The molecule has 0 saturated carbocycles. The zero-order valence-corrected chi connectivity index (χ0v) is 9.72. The first kappa shape index (κ1) is 10.9. The molecule has 0 aromatic carbocycles. The maximum absolute atomic E-state index is 8.86. The van der Waals surface area contributed by atoms with Crippen LogP contribution in [0.5, 0.6) is 0 Å². The monoisotopic (exact) mass is 216 g/mol. The van der Waals surface area contributed by atoms with Crippen molar-refractivity contribution in [2.24, 2.45) is 0 Å². The molecular weight excluding hydrogens is 200 g/mol. The number of nitrogens with zero attached hydrogens (tertiary/aromatic N) is 4. The molecule has 0 bridgehead atoms. The fourth-order valence-corrected chi connectivity index (χ4v) is 2.13. The standard InChI is InChI=1S/C12H16N4/c1-10-9-15(2)5-6-16(10)12-7-11(8-13)3-4-14-12/h3-4,7,10H,5-6,9H2,1-2H3. The summed E-state index contributed by atoms with van der Waals surface area (Å²) < 4.78 is 0. The van der Waals surface area contributed by atoms with Crippen molar-refractivity contribution < 1.29 is 0 Å². The Kier molecular flexibility index (Phi) is 3.07. The molecule has 1 unspecified atom stereocenters. The van der Waals surface area contributed by atoms with Gasteiger partial charge in [0.05, 0.1) is 11.6 Å². The van der Waals surface area contributed by atoms with Crippen molar-refractivity contribution in [1.82, 2.24) is 9.88 Å². The van der Waals surface area contributed by atoms with Crippen LogP contribution in [-0.2, 0) is 0 Å². The van der Waals surface area contributed by atoms with Crippen molar-refractivity contribution in [2.75, 3.05) is 31.6 Å². The van der Waals surface area contributed by atoms with Crippen molar-refractivity contribution >= 4 is 5.82 Å². The number of hydrogen-bond acceptors (Lipinski definition) is 4. The fraction of sp³-hybridized carbons (Fsp3) is 0.500. The molecule has 0 spiro atoms. The highest BCUT2D eigenvalue weighted by molar-refractivity contribution is 5.46. The predicted molar refractivity (Wildman–Crippen MR) is 63.3 cm³/mol. The molecule has 2 heterocycles. The summed E-state index contributed by atoms with van der Waals surface area (Å²) in [5.74, 6) is 0.916. The minimum atomic E-state index is 0.445. The summed E-state index contributed by atoms with van der Waals surface area (Å²) in [7, 11) is 2.13. The van der Waals surface area contributed by atoms with E-state index >= 15 is 0 Å². The number of likely N-dealkylation sites (N-methyl/N-ethyl adjacent to an activating group) is 1. The highest BCUT2D eigenvalue weighted by atomic mass is 15.3. The second-order valence-corrected chi connectivity index (χ2v) is 4.32. The highest BCUT2D eigenvalue weighted by Gasteiger charge is 2.22. The van der Waals surface area contributed by atoms with Crippen LogP contribution >= 0.6 is 0 Å². The third kappa shape index (κ3) is 2.15. The third-order valence-electron chi connectivity index (χ3n) is 3.00. The average molecular weight is 216 g/mol. The first-order valence-electron chi connectivity index (χ1n) is 5.52. The van der Waals surface area contributed by atoms with Gasteiger partial charge in [-0.2, -0.15) is 5.26 Å². The van der Waals surface area contributed by atoms with Gasteiger partial charge in [0.2, 0.25) is 0 Å². The van der Waals surface area contributed by atoms with Crippen LogP contribution in [0.3, 0.4) is 0 Å². The molecule has 2 rings (SSSR count). The zero-order chi connectivity index (χ0) is 11.5. The zero-order valence-electron chi connectivity index (χ0n) is 9.72. The number of nitriles is 1. The topological polar surface area (TPSA) is 43.2 Å². The van der Waals surface area contributed by atoms with E-state index in [0.29, 0.717) is 11.6 Å². The minimum Gasteiger partial charge on any atom is -0.351 e. The van der Waals surface area contributed by atoms with Crippen molar-refractivity contribution in [3.05, 3.63) is 23.9 Å². The van der Waals surface area contributed by atoms with Crippen LogP contribution in [0.25, 0.3) is 0 Å². The first-order valence-corrected chi connectivity index (χ1v) is 5.52. The SMILES string of the molecule is CC1CN(C)CCN1c1cc(C#N)ccn1. The molecule has 84 valence electrons. The van der Waals surface area contributed by atoms with E-state index < -0.39 is 0 Å². The lowest BCUT2D eigenvalue weighted by atomic mass is 10.2. The lowest BCUT2D eigenvalue weighted by molar-refractivity contribution is 0.274. The summed E-state index contributed by atoms with van der Waals surface area (Å²) in [5.41, 5.74) is 0.677. The number of aromatic nitrogens is 1. The summed E-state index contributed by atoms with van der Waals surface area (Å²) in [6, 6.07) is 6.20. The lowest BCUT2D eigenvalue weighted by Gasteiger charge is -2.39. The van der Waals surface area contributed by atoms with E-state index in [0.717, 1.165) is 25.5 Å². The summed E-state index contributed by atoms with van der Waals surface area (Å²) in [5, 5.41) is 8.86. The molecule has 0 N–H and O–H groups in total. The summed E-state index contributed by atoms with van der Waals surface area (Å²) in [4.78, 5) is 8.92. The van der Waals surface area contributed by atoms with E-state index in [4.69, 9.17) is 5.26 Å². The largest absolute Gasteiger partial charge is 0.351 e. The molecule has 0 amide bonds. The molecule has 1 aromatic rings. The van der Waals surface area contributed by atoms with Gasteiger partial charge in [-0.3, -0.25) is 0 Å². The summed E-state index contributed by atoms with van der Waals surface area (Å²) in [6.45, 7) is 5.25. The first-order chi connectivity index (χ1) is 7.70. The Balaban J connectivity index is 2.20. The Bertz CT molecular complexity index is 410. The van der Waals surface area contributed by atoms with Gasteiger partial charge in [-0.15, -0.1) is 0 Å². The van der Waals surface area contributed by atoms with Crippen LogP contribution < -0.4 is 4.90 Å².